The van der Waals surface area contributed by atoms with E-state index in [2.05, 4.69) is 5.32 Å². The molecule has 1 aliphatic rings. The number of hydrogen-bond donors (Lipinski definition) is 3. The minimum absolute atomic E-state index is 0.128. The van der Waals surface area contributed by atoms with Crippen molar-refractivity contribution in [3.05, 3.63) is 28.2 Å². The molecule has 4 nitrogen and oxygen atoms in total. The average molecular weight is 334 g/mol. The Morgan fingerprint density at radius 3 is 2.52 bits per heavy atom. The summed E-state index contributed by atoms with van der Waals surface area (Å²) in [6, 6.07) is 5.13. The van der Waals surface area contributed by atoms with Crippen LogP contribution in [0.25, 0.3) is 0 Å². The van der Waals surface area contributed by atoms with Gasteiger partial charge in [-0.15, -0.1) is 0 Å². The number of ether oxygens (including phenoxy) is 1. The Morgan fingerprint density at radius 2 is 1.95 bits per heavy atom. The summed E-state index contributed by atoms with van der Waals surface area (Å²) in [5, 5.41) is 23.0. The lowest BCUT2D eigenvalue weighted by atomic mass is 10.0. The molecule has 1 aromatic rings. The van der Waals surface area contributed by atoms with Crippen molar-refractivity contribution >= 4 is 23.2 Å². The van der Waals surface area contributed by atoms with Crippen LogP contribution in [0.4, 0.5) is 0 Å². The van der Waals surface area contributed by atoms with Crippen LogP contribution >= 0.6 is 23.2 Å². The maximum atomic E-state index is 9.92. The highest BCUT2D eigenvalue weighted by molar-refractivity contribution is 6.37. The number of benzene rings is 1. The molecule has 0 saturated heterocycles. The van der Waals surface area contributed by atoms with E-state index in [1.807, 2.05) is 0 Å². The molecule has 118 valence electrons. The number of aliphatic hydroxyl groups is 2. The second-order valence-electron chi connectivity index (χ2n) is 5.62. The van der Waals surface area contributed by atoms with Crippen LogP contribution < -0.4 is 10.1 Å². The first-order chi connectivity index (χ1) is 10.1. The van der Waals surface area contributed by atoms with Gasteiger partial charge < -0.3 is 20.3 Å². The topological polar surface area (TPSA) is 61.7 Å². The summed E-state index contributed by atoms with van der Waals surface area (Å²) in [7, 11) is 0. The zero-order chi connectivity index (χ0) is 15.3. The molecule has 0 radical (unpaired) electrons. The first-order valence-corrected chi connectivity index (χ1v) is 7.88. The Hall–Kier alpha value is -0.520. The number of para-hydroxylation sites is 1. The fourth-order valence-corrected chi connectivity index (χ4v) is 2.80. The van der Waals surface area contributed by atoms with Gasteiger partial charge in [-0.05, 0) is 36.8 Å². The molecule has 1 saturated carbocycles. The Kier molecular flexibility index (Phi) is 6.14. The monoisotopic (exact) mass is 333 g/mol. The summed E-state index contributed by atoms with van der Waals surface area (Å²) >= 11 is 12.0. The van der Waals surface area contributed by atoms with Gasteiger partial charge in [-0.2, -0.15) is 0 Å². The third-order valence-corrected chi connectivity index (χ3v) is 4.41. The van der Waals surface area contributed by atoms with Crippen molar-refractivity contribution in [1.82, 2.24) is 5.32 Å². The molecule has 1 aromatic carbocycles. The molecular weight excluding hydrogens is 313 g/mol. The van der Waals surface area contributed by atoms with Crippen molar-refractivity contribution in [2.24, 2.45) is 5.41 Å². The van der Waals surface area contributed by atoms with E-state index >= 15 is 0 Å². The molecule has 1 atom stereocenters. The van der Waals surface area contributed by atoms with Crippen LogP contribution in [-0.4, -0.2) is 42.6 Å². The number of aliphatic hydroxyl groups excluding tert-OH is 2. The first kappa shape index (κ1) is 16.8. The van der Waals surface area contributed by atoms with Crippen molar-refractivity contribution in [1.29, 1.82) is 0 Å². The van der Waals surface area contributed by atoms with E-state index in [4.69, 9.17) is 33.0 Å². The summed E-state index contributed by atoms with van der Waals surface area (Å²) < 4.78 is 5.48. The predicted molar refractivity (Wildman–Crippen MR) is 84.2 cm³/mol. The molecule has 0 aromatic heterocycles. The molecule has 1 aliphatic carbocycles. The zero-order valence-electron chi connectivity index (χ0n) is 11.8. The maximum absolute atomic E-state index is 9.92. The Balaban J connectivity index is 1.69. The molecule has 3 N–H and O–H groups in total. The van der Waals surface area contributed by atoms with Crippen molar-refractivity contribution in [3.63, 3.8) is 0 Å². The van der Waals surface area contributed by atoms with E-state index in [9.17, 15) is 5.11 Å². The maximum Gasteiger partial charge on any atom is 0.156 e. The highest BCUT2D eigenvalue weighted by Crippen LogP contribution is 2.47. The van der Waals surface area contributed by atoms with E-state index < -0.39 is 6.10 Å². The molecule has 0 spiro atoms. The molecule has 0 bridgehead atoms. The summed E-state index contributed by atoms with van der Waals surface area (Å²) in [5.74, 6) is 0.402. The van der Waals surface area contributed by atoms with Gasteiger partial charge in [-0.25, -0.2) is 0 Å². The standard InChI is InChI=1S/C15H21Cl2NO3/c16-12-2-1-3-13(17)14(12)21-9-11(20)8-18-10-15(4-5-15)6-7-19/h1-3,11,18-20H,4-10H2. The largest absolute Gasteiger partial charge is 0.488 e. The smallest absolute Gasteiger partial charge is 0.156 e. The Labute approximate surface area is 135 Å². The van der Waals surface area contributed by atoms with Gasteiger partial charge in [0.25, 0.3) is 0 Å². The highest BCUT2D eigenvalue weighted by atomic mass is 35.5. The van der Waals surface area contributed by atoms with Crippen LogP contribution in [0.5, 0.6) is 5.75 Å². The molecule has 2 rings (SSSR count). The summed E-state index contributed by atoms with van der Waals surface area (Å²) in [6.45, 7) is 1.61. The van der Waals surface area contributed by atoms with Crippen LogP contribution in [0.2, 0.25) is 10.0 Å². The number of rotatable bonds is 9. The van der Waals surface area contributed by atoms with E-state index in [-0.39, 0.29) is 18.6 Å². The van der Waals surface area contributed by atoms with Gasteiger partial charge in [0.2, 0.25) is 0 Å². The van der Waals surface area contributed by atoms with Crippen LogP contribution in [0.1, 0.15) is 19.3 Å². The predicted octanol–water partition coefficient (Wildman–Crippen LogP) is 2.49. The first-order valence-electron chi connectivity index (χ1n) is 7.13. The van der Waals surface area contributed by atoms with Gasteiger partial charge in [-0.3, -0.25) is 0 Å². The SMILES string of the molecule is OCCC1(CNCC(O)COc2c(Cl)cccc2Cl)CC1. The number of hydrogen-bond acceptors (Lipinski definition) is 4. The summed E-state index contributed by atoms with van der Waals surface area (Å²) in [4.78, 5) is 0. The van der Waals surface area contributed by atoms with Gasteiger partial charge in [0.15, 0.2) is 5.75 Å². The molecule has 0 heterocycles. The summed E-state index contributed by atoms with van der Waals surface area (Å²) in [5.41, 5.74) is 0.237. The minimum atomic E-state index is -0.637. The second kappa shape index (κ2) is 7.65. The fraction of sp³-hybridized carbons (Fsp3) is 0.600. The molecule has 1 unspecified atom stereocenters. The minimum Gasteiger partial charge on any atom is -0.488 e. The van der Waals surface area contributed by atoms with Crippen molar-refractivity contribution in [2.75, 3.05) is 26.3 Å². The van der Waals surface area contributed by atoms with E-state index in [0.29, 0.717) is 22.3 Å². The van der Waals surface area contributed by atoms with Crippen LogP contribution in [0, 0.1) is 5.41 Å². The van der Waals surface area contributed by atoms with Gasteiger partial charge in [0.1, 0.15) is 12.7 Å². The number of halogens is 2. The zero-order valence-corrected chi connectivity index (χ0v) is 13.3. The molecular formula is C15H21Cl2NO3. The highest BCUT2D eigenvalue weighted by Gasteiger charge is 2.41. The van der Waals surface area contributed by atoms with Crippen LogP contribution in [0.15, 0.2) is 18.2 Å². The second-order valence-corrected chi connectivity index (χ2v) is 6.43. The molecule has 6 heteroatoms. The van der Waals surface area contributed by atoms with Gasteiger partial charge >= 0.3 is 0 Å². The third kappa shape index (κ3) is 5.01. The van der Waals surface area contributed by atoms with Gasteiger partial charge in [0.05, 0.1) is 10.0 Å². The summed E-state index contributed by atoms with van der Waals surface area (Å²) in [6.07, 6.45) is 2.47. The lowest BCUT2D eigenvalue weighted by Gasteiger charge is -2.18. The third-order valence-electron chi connectivity index (χ3n) is 3.82. The quantitative estimate of drug-likeness (QED) is 0.649. The Morgan fingerprint density at radius 1 is 1.29 bits per heavy atom. The fourth-order valence-electron chi connectivity index (χ4n) is 2.29. The molecule has 1 fully saturated rings. The molecule has 21 heavy (non-hydrogen) atoms. The van der Waals surface area contributed by atoms with Gasteiger partial charge in [0, 0.05) is 19.7 Å². The number of nitrogens with one attached hydrogen (secondary N) is 1. The van der Waals surface area contributed by atoms with Gasteiger partial charge in [-0.1, -0.05) is 29.3 Å². The van der Waals surface area contributed by atoms with Crippen molar-refractivity contribution in [2.45, 2.75) is 25.4 Å². The lowest BCUT2D eigenvalue weighted by Crippen LogP contribution is -2.35. The lowest BCUT2D eigenvalue weighted by molar-refractivity contribution is 0.104. The molecule has 0 aliphatic heterocycles. The van der Waals surface area contributed by atoms with Crippen molar-refractivity contribution in [3.8, 4) is 5.75 Å². The van der Waals surface area contributed by atoms with Crippen LogP contribution in [0.3, 0.4) is 0 Å². The van der Waals surface area contributed by atoms with E-state index in [1.54, 1.807) is 18.2 Å². The molecule has 0 amide bonds. The van der Waals surface area contributed by atoms with Crippen LogP contribution in [-0.2, 0) is 0 Å². The van der Waals surface area contributed by atoms with E-state index in [0.717, 1.165) is 25.8 Å². The average Bonchev–Trinajstić information content (AvgIpc) is 3.18. The van der Waals surface area contributed by atoms with Crippen molar-refractivity contribution < 1.29 is 14.9 Å². The Bertz CT molecular complexity index is 446. The normalized spacial score (nSPS) is 17.5. The van der Waals surface area contributed by atoms with E-state index in [1.165, 1.54) is 0 Å².